The normalized spacial score (nSPS) is 10.8. The highest BCUT2D eigenvalue weighted by Crippen LogP contribution is 2.37. The van der Waals surface area contributed by atoms with Crippen LogP contribution in [0.5, 0.6) is 11.5 Å². The number of hydrogen-bond donors (Lipinski definition) is 1. The largest absolute Gasteiger partial charge is 0.490 e. The van der Waals surface area contributed by atoms with Gasteiger partial charge in [0.15, 0.2) is 11.5 Å². The molecular weight excluding hydrogens is 639 g/mol. The van der Waals surface area contributed by atoms with Gasteiger partial charge in [-0.05, 0) is 109 Å². The van der Waals surface area contributed by atoms with Crippen molar-refractivity contribution < 1.29 is 14.3 Å². The van der Waals surface area contributed by atoms with E-state index in [1.807, 2.05) is 49.4 Å². The molecule has 0 unspecified atom stereocenters. The minimum absolute atomic E-state index is 0.301. The predicted octanol–water partition coefficient (Wildman–Crippen LogP) is 6.56. The topological polar surface area (TPSA) is 59.9 Å². The Bertz CT molecular complexity index is 1090. The Kier molecular flexibility index (Phi) is 8.91. The summed E-state index contributed by atoms with van der Waals surface area (Å²) in [5, 5.41) is 4.07. The van der Waals surface area contributed by atoms with Gasteiger partial charge in [0.25, 0.3) is 5.91 Å². The number of halogens is 3. The van der Waals surface area contributed by atoms with Gasteiger partial charge < -0.3 is 9.47 Å². The molecule has 5 nitrogen and oxygen atoms in total. The summed E-state index contributed by atoms with van der Waals surface area (Å²) in [6.45, 7) is 2.83. The van der Waals surface area contributed by atoms with Crippen molar-refractivity contribution in [3.63, 3.8) is 0 Å². The number of hydrazone groups is 1. The summed E-state index contributed by atoms with van der Waals surface area (Å²) in [5.41, 5.74) is 4.87. The number of carbonyl (C=O) groups excluding carboxylic acids is 1. The third-order valence-corrected chi connectivity index (χ3v) is 6.13. The van der Waals surface area contributed by atoms with Crippen molar-refractivity contribution in [1.82, 2.24) is 5.43 Å². The first-order chi connectivity index (χ1) is 15.0. The molecule has 3 aromatic carbocycles. The first kappa shape index (κ1) is 23.7. The Hall–Kier alpha value is -1.91. The van der Waals surface area contributed by atoms with Crippen LogP contribution in [0.4, 0.5) is 0 Å². The summed E-state index contributed by atoms with van der Waals surface area (Å²) in [7, 11) is 0. The van der Waals surface area contributed by atoms with Crippen LogP contribution in [0.1, 0.15) is 28.4 Å². The van der Waals surface area contributed by atoms with Gasteiger partial charge in [-0.3, -0.25) is 4.79 Å². The maximum absolute atomic E-state index is 12.3. The van der Waals surface area contributed by atoms with Crippen LogP contribution < -0.4 is 14.9 Å². The van der Waals surface area contributed by atoms with Crippen LogP contribution in [0.25, 0.3) is 0 Å². The van der Waals surface area contributed by atoms with Crippen molar-refractivity contribution in [2.24, 2.45) is 5.10 Å². The number of rotatable bonds is 8. The minimum Gasteiger partial charge on any atom is -0.490 e. The summed E-state index contributed by atoms with van der Waals surface area (Å²) < 4.78 is 14.4. The fourth-order valence-corrected chi connectivity index (χ4v) is 4.07. The van der Waals surface area contributed by atoms with Gasteiger partial charge in [0.2, 0.25) is 0 Å². The Labute approximate surface area is 211 Å². The van der Waals surface area contributed by atoms with Crippen molar-refractivity contribution in [3.8, 4) is 11.5 Å². The zero-order chi connectivity index (χ0) is 22.2. The molecule has 0 aliphatic heterocycles. The molecule has 3 rings (SSSR count). The summed E-state index contributed by atoms with van der Waals surface area (Å²) in [4.78, 5) is 12.3. The van der Waals surface area contributed by atoms with E-state index < -0.39 is 0 Å². The molecule has 1 N–H and O–H groups in total. The number of ether oxygens (including phenoxy) is 2. The van der Waals surface area contributed by atoms with E-state index in [1.165, 1.54) is 3.57 Å². The lowest BCUT2D eigenvalue weighted by atomic mass is 10.2. The highest BCUT2D eigenvalue weighted by Gasteiger charge is 2.13. The van der Waals surface area contributed by atoms with Crippen LogP contribution in [-0.4, -0.2) is 18.7 Å². The monoisotopic (exact) mass is 656 g/mol. The second-order valence-corrected chi connectivity index (χ2v) is 9.31. The average molecular weight is 658 g/mol. The van der Waals surface area contributed by atoms with E-state index in [0.717, 1.165) is 15.6 Å². The van der Waals surface area contributed by atoms with Crippen LogP contribution in [0.3, 0.4) is 0 Å². The SMILES string of the molecule is CCOc1cc(/C=N/NC(=O)c2ccccc2Br)cc(Br)c1OCc1ccc(I)cc1. The third kappa shape index (κ3) is 6.78. The number of carbonyl (C=O) groups is 1. The molecule has 0 saturated heterocycles. The van der Waals surface area contributed by atoms with E-state index >= 15 is 0 Å². The number of nitrogens with zero attached hydrogens (tertiary/aromatic N) is 1. The second-order valence-electron chi connectivity index (χ2n) is 6.36. The van der Waals surface area contributed by atoms with Gasteiger partial charge >= 0.3 is 0 Å². The molecule has 0 radical (unpaired) electrons. The van der Waals surface area contributed by atoms with Crippen LogP contribution in [0.15, 0.2) is 74.7 Å². The average Bonchev–Trinajstić information content (AvgIpc) is 2.75. The number of amides is 1. The number of hydrogen-bond acceptors (Lipinski definition) is 4. The fraction of sp³-hybridized carbons (Fsp3) is 0.130. The molecular formula is C23H19Br2IN2O3. The minimum atomic E-state index is -0.301. The molecule has 0 spiro atoms. The molecule has 0 atom stereocenters. The van der Waals surface area contributed by atoms with Gasteiger partial charge in [-0.15, -0.1) is 0 Å². The van der Waals surface area contributed by atoms with Gasteiger partial charge in [-0.2, -0.15) is 5.10 Å². The van der Waals surface area contributed by atoms with Gasteiger partial charge in [0, 0.05) is 8.04 Å². The van der Waals surface area contributed by atoms with E-state index in [1.54, 1.807) is 24.4 Å². The standard InChI is InChI=1S/C23H19Br2IN2O3/c1-2-30-21-12-16(13-27-28-23(29)18-5-3-4-6-19(18)24)11-20(25)22(21)31-14-15-7-9-17(26)10-8-15/h3-13H,2,14H2,1H3,(H,28,29)/b27-13+. The number of nitrogens with one attached hydrogen (secondary N) is 1. The second kappa shape index (κ2) is 11.6. The predicted molar refractivity (Wildman–Crippen MR) is 138 cm³/mol. The van der Waals surface area contributed by atoms with Crippen LogP contribution in [0, 0.1) is 3.57 Å². The molecule has 31 heavy (non-hydrogen) atoms. The van der Waals surface area contributed by atoms with Gasteiger partial charge in [-0.1, -0.05) is 24.3 Å². The van der Waals surface area contributed by atoms with E-state index in [2.05, 4.69) is 65.0 Å². The Morgan fingerprint density at radius 3 is 2.52 bits per heavy atom. The first-order valence-electron chi connectivity index (χ1n) is 9.39. The van der Waals surface area contributed by atoms with Gasteiger partial charge in [0.1, 0.15) is 6.61 Å². The highest BCUT2D eigenvalue weighted by molar-refractivity contribution is 14.1. The van der Waals surface area contributed by atoms with Crippen molar-refractivity contribution >= 4 is 66.6 Å². The summed E-state index contributed by atoms with van der Waals surface area (Å²) in [6, 6.07) is 19.0. The molecule has 160 valence electrons. The molecule has 3 aromatic rings. The molecule has 1 amide bonds. The fourth-order valence-electron chi connectivity index (χ4n) is 2.67. The lowest BCUT2D eigenvalue weighted by Gasteiger charge is -2.14. The third-order valence-electron chi connectivity index (χ3n) is 4.13. The Morgan fingerprint density at radius 2 is 1.81 bits per heavy atom. The van der Waals surface area contributed by atoms with Crippen LogP contribution in [0.2, 0.25) is 0 Å². The summed E-state index contributed by atoms with van der Waals surface area (Å²) in [6.07, 6.45) is 1.56. The van der Waals surface area contributed by atoms with E-state index in [9.17, 15) is 4.79 Å². The Morgan fingerprint density at radius 1 is 1.06 bits per heavy atom. The smallest absolute Gasteiger partial charge is 0.272 e. The summed E-state index contributed by atoms with van der Waals surface area (Å²) in [5.74, 6) is 0.918. The molecule has 0 aliphatic carbocycles. The lowest BCUT2D eigenvalue weighted by Crippen LogP contribution is -2.18. The van der Waals surface area contributed by atoms with Crippen molar-refractivity contribution in [2.75, 3.05) is 6.61 Å². The molecule has 8 heteroatoms. The quantitative estimate of drug-likeness (QED) is 0.170. The summed E-state index contributed by atoms with van der Waals surface area (Å²) >= 11 is 9.19. The first-order valence-corrected chi connectivity index (χ1v) is 12.1. The van der Waals surface area contributed by atoms with Crippen molar-refractivity contribution in [1.29, 1.82) is 0 Å². The lowest BCUT2D eigenvalue weighted by molar-refractivity contribution is 0.0954. The van der Waals surface area contributed by atoms with Gasteiger partial charge in [0.05, 0.1) is 22.9 Å². The number of benzene rings is 3. The molecule has 0 aromatic heterocycles. The molecule has 0 aliphatic rings. The Balaban J connectivity index is 1.73. The van der Waals surface area contributed by atoms with E-state index in [4.69, 9.17) is 9.47 Å². The van der Waals surface area contributed by atoms with Crippen LogP contribution in [-0.2, 0) is 6.61 Å². The maximum Gasteiger partial charge on any atom is 0.272 e. The van der Waals surface area contributed by atoms with Crippen molar-refractivity contribution in [3.05, 3.63) is 89.9 Å². The molecule has 0 fully saturated rings. The van der Waals surface area contributed by atoms with Crippen molar-refractivity contribution in [2.45, 2.75) is 13.5 Å². The van der Waals surface area contributed by atoms with E-state index in [-0.39, 0.29) is 5.91 Å². The molecule has 0 saturated carbocycles. The molecule has 0 heterocycles. The van der Waals surface area contributed by atoms with Crippen LogP contribution >= 0.6 is 54.5 Å². The zero-order valence-corrected chi connectivity index (χ0v) is 21.9. The maximum atomic E-state index is 12.3. The van der Waals surface area contributed by atoms with E-state index in [0.29, 0.717) is 34.7 Å². The zero-order valence-electron chi connectivity index (χ0n) is 16.6. The molecule has 0 bridgehead atoms. The van der Waals surface area contributed by atoms with Gasteiger partial charge in [-0.25, -0.2) is 5.43 Å². The highest BCUT2D eigenvalue weighted by atomic mass is 127.